The van der Waals surface area contributed by atoms with E-state index < -0.39 is 8.07 Å². The Morgan fingerprint density at radius 1 is 0.944 bits per heavy atom. The number of phenols is 1. The van der Waals surface area contributed by atoms with Crippen molar-refractivity contribution in [1.82, 2.24) is 0 Å². The van der Waals surface area contributed by atoms with Crippen molar-refractivity contribution in [2.45, 2.75) is 13.1 Å². The Morgan fingerprint density at radius 3 is 2.22 bits per heavy atom. The molecule has 0 unspecified atom stereocenters. The summed E-state index contributed by atoms with van der Waals surface area (Å²) in [6, 6.07) is 16.0. The van der Waals surface area contributed by atoms with Crippen molar-refractivity contribution in [2.24, 2.45) is 0 Å². The molecular formula is C15H18O2Si. The maximum Gasteiger partial charge on any atom is 0.160 e. The lowest BCUT2D eigenvalue weighted by molar-refractivity contribution is 0.376. The van der Waals surface area contributed by atoms with Crippen molar-refractivity contribution >= 4 is 18.4 Å². The molecule has 2 nitrogen and oxygen atoms in total. The summed E-state index contributed by atoms with van der Waals surface area (Å²) in [6.45, 7) is 4.53. The van der Waals surface area contributed by atoms with E-state index in [1.54, 1.807) is 13.2 Å². The van der Waals surface area contributed by atoms with Crippen molar-refractivity contribution in [3.8, 4) is 11.5 Å². The van der Waals surface area contributed by atoms with E-state index in [9.17, 15) is 5.11 Å². The third-order valence-corrected chi connectivity index (χ3v) is 6.88. The Bertz CT molecular complexity index is 535. The number of hydrogen-bond donors (Lipinski definition) is 1. The monoisotopic (exact) mass is 258 g/mol. The Morgan fingerprint density at radius 2 is 1.61 bits per heavy atom. The van der Waals surface area contributed by atoms with Crippen LogP contribution in [0.2, 0.25) is 13.1 Å². The molecular weight excluding hydrogens is 240 g/mol. The van der Waals surface area contributed by atoms with Gasteiger partial charge in [0.05, 0.1) is 7.11 Å². The quantitative estimate of drug-likeness (QED) is 0.856. The summed E-state index contributed by atoms with van der Waals surface area (Å²) in [5.41, 5.74) is 0. The molecule has 0 radical (unpaired) electrons. The fourth-order valence-electron chi connectivity index (χ4n) is 2.24. The molecule has 0 aliphatic rings. The van der Waals surface area contributed by atoms with Crippen LogP contribution in [0.1, 0.15) is 0 Å². The molecule has 0 aromatic heterocycles. The Kier molecular flexibility index (Phi) is 3.43. The minimum Gasteiger partial charge on any atom is -0.504 e. The molecule has 2 aromatic carbocycles. The number of ether oxygens (including phenoxy) is 1. The SMILES string of the molecule is COc1c(O)cccc1[Si](C)(C)c1ccccc1. The van der Waals surface area contributed by atoms with Gasteiger partial charge in [-0.15, -0.1) is 0 Å². The summed E-state index contributed by atoms with van der Waals surface area (Å²) < 4.78 is 5.37. The van der Waals surface area contributed by atoms with Crippen LogP contribution in [0.5, 0.6) is 11.5 Å². The number of para-hydroxylation sites is 1. The topological polar surface area (TPSA) is 29.5 Å². The third kappa shape index (κ3) is 2.14. The minimum absolute atomic E-state index is 0.214. The van der Waals surface area contributed by atoms with Crippen LogP contribution in [0.15, 0.2) is 48.5 Å². The summed E-state index contributed by atoms with van der Waals surface area (Å²) in [6.07, 6.45) is 0. The van der Waals surface area contributed by atoms with Crippen molar-refractivity contribution in [2.75, 3.05) is 7.11 Å². The molecule has 2 rings (SSSR count). The average molecular weight is 258 g/mol. The highest BCUT2D eigenvalue weighted by atomic mass is 28.3. The summed E-state index contributed by atoms with van der Waals surface area (Å²) in [5, 5.41) is 12.3. The van der Waals surface area contributed by atoms with Gasteiger partial charge in [0, 0.05) is 0 Å². The van der Waals surface area contributed by atoms with Crippen LogP contribution in [-0.2, 0) is 0 Å². The van der Waals surface area contributed by atoms with Gasteiger partial charge >= 0.3 is 0 Å². The zero-order valence-corrected chi connectivity index (χ0v) is 12.0. The summed E-state index contributed by atoms with van der Waals surface area (Å²) in [5.74, 6) is 0.824. The van der Waals surface area contributed by atoms with Crippen LogP contribution in [-0.4, -0.2) is 20.3 Å². The largest absolute Gasteiger partial charge is 0.504 e. The van der Waals surface area contributed by atoms with Gasteiger partial charge in [-0.3, -0.25) is 0 Å². The second kappa shape index (κ2) is 4.86. The normalized spacial score (nSPS) is 11.3. The summed E-state index contributed by atoms with van der Waals surface area (Å²) in [4.78, 5) is 0. The first kappa shape index (κ1) is 12.7. The van der Waals surface area contributed by atoms with Gasteiger partial charge in [0.25, 0.3) is 0 Å². The second-order valence-electron chi connectivity index (χ2n) is 4.85. The fourth-order valence-corrected chi connectivity index (χ4v) is 4.89. The predicted octanol–water partition coefficient (Wildman–Crippen LogP) is 2.22. The average Bonchev–Trinajstić information content (AvgIpc) is 2.39. The van der Waals surface area contributed by atoms with E-state index in [1.807, 2.05) is 12.1 Å². The minimum atomic E-state index is -1.84. The highest BCUT2D eigenvalue weighted by Crippen LogP contribution is 2.25. The molecule has 0 heterocycles. The molecule has 0 aliphatic carbocycles. The third-order valence-electron chi connectivity index (χ3n) is 3.37. The number of benzene rings is 2. The molecule has 1 N–H and O–H groups in total. The molecule has 0 amide bonds. The maximum atomic E-state index is 9.90. The molecule has 0 spiro atoms. The van der Waals surface area contributed by atoms with Crippen molar-refractivity contribution < 1.29 is 9.84 Å². The highest BCUT2D eigenvalue weighted by molar-refractivity contribution is 7.01. The summed E-state index contributed by atoms with van der Waals surface area (Å²) in [7, 11) is -0.232. The first-order chi connectivity index (χ1) is 8.57. The lowest BCUT2D eigenvalue weighted by atomic mass is 10.3. The molecule has 2 aromatic rings. The number of hydrogen-bond acceptors (Lipinski definition) is 2. The van der Waals surface area contributed by atoms with Crippen molar-refractivity contribution in [1.29, 1.82) is 0 Å². The lowest BCUT2D eigenvalue weighted by Gasteiger charge is -2.25. The summed E-state index contributed by atoms with van der Waals surface area (Å²) >= 11 is 0. The van der Waals surface area contributed by atoms with Crippen LogP contribution in [0.4, 0.5) is 0 Å². The number of methoxy groups -OCH3 is 1. The van der Waals surface area contributed by atoms with E-state index in [-0.39, 0.29) is 5.75 Å². The first-order valence-electron chi connectivity index (χ1n) is 5.99. The van der Waals surface area contributed by atoms with Gasteiger partial charge in [0.2, 0.25) is 0 Å². The van der Waals surface area contributed by atoms with Gasteiger partial charge in [-0.2, -0.15) is 0 Å². The molecule has 3 heteroatoms. The van der Waals surface area contributed by atoms with E-state index in [2.05, 4.69) is 43.4 Å². The van der Waals surface area contributed by atoms with Gasteiger partial charge in [-0.1, -0.05) is 60.7 Å². The zero-order valence-electron chi connectivity index (χ0n) is 11.0. The molecule has 0 aliphatic heterocycles. The lowest BCUT2D eigenvalue weighted by Crippen LogP contribution is -2.53. The molecule has 94 valence electrons. The molecule has 0 fully saturated rings. The van der Waals surface area contributed by atoms with E-state index in [0.717, 1.165) is 5.19 Å². The number of phenolic OH excluding ortho intramolecular Hbond substituents is 1. The first-order valence-corrected chi connectivity index (χ1v) is 8.99. The number of aromatic hydroxyl groups is 1. The van der Waals surface area contributed by atoms with Crippen LogP contribution >= 0.6 is 0 Å². The van der Waals surface area contributed by atoms with E-state index >= 15 is 0 Å². The van der Waals surface area contributed by atoms with Gasteiger partial charge in [-0.05, 0) is 11.3 Å². The van der Waals surface area contributed by atoms with Gasteiger partial charge < -0.3 is 9.84 Å². The molecule has 0 saturated heterocycles. The van der Waals surface area contributed by atoms with Crippen LogP contribution in [0, 0.1) is 0 Å². The highest BCUT2D eigenvalue weighted by Gasteiger charge is 2.30. The van der Waals surface area contributed by atoms with Gasteiger partial charge in [0.1, 0.15) is 8.07 Å². The Labute approximate surface area is 109 Å². The van der Waals surface area contributed by atoms with Crippen LogP contribution in [0.25, 0.3) is 0 Å². The van der Waals surface area contributed by atoms with E-state index in [4.69, 9.17) is 4.74 Å². The predicted molar refractivity (Wildman–Crippen MR) is 77.9 cm³/mol. The molecule has 18 heavy (non-hydrogen) atoms. The molecule has 0 bridgehead atoms. The molecule has 0 saturated carbocycles. The van der Waals surface area contributed by atoms with Crippen molar-refractivity contribution in [3.63, 3.8) is 0 Å². The Balaban J connectivity index is 2.58. The second-order valence-corrected chi connectivity index (χ2v) is 9.21. The maximum absolute atomic E-state index is 9.90. The van der Waals surface area contributed by atoms with Crippen LogP contribution < -0.4 is 15.1 Å². The molecule has 0 atom stereocenters. The smallest absolute Gasteiger partial charge is 0.160 e. The van der Waals surface area contributed by atoms with Gasteiger partial charge in [-0.25, -0.2) is 0 Å². The van der Waals surface area contributed by atoms with Crippen molar-refractivity contribution in [3.05, 3.63) is 48.5 Å². The van der Waals surface area contributed by atoms with Gasteiger partial charge in [0.15, 0.2) is 11.5 Å². The van der Waals surface area contributed by atoms with E-state index in [0.29, 0.717) is 5.75 Å². The zero-order chi connectivity index (χ0) is 13.2. The number of rotatable bonds is 3. The van der Waals surface area contributed by atoms with Crippen LogP contribution in [0.3, 0.4) is 0 Å². The fraction of sp³-hybridized carbons (Fsp3) is 0.200. The van der Waals surface area contributed by atoms with E-state index in [1.165, 1.54) is 5.19 Å². The Hall–Kier alpha value is -1.74. The standard InChI is InChI=1S/C15H18O2Si/c1-17-15-13(16)10-7-11-14(15)18(2,3)12-8-5-4-6-9-12/h4-11,16H,1-3H3.